The summed E-state index contributed by atoms with van der Waals surface area (Å²) in [6.07, 6.45) is 1.31. The number of hydrogen-bond donors (Lipinski definition) is 3. The summed E-state index contributed by atoms with van der Waals surface area (Å²) in [6.45, 7) is 11.4. The molecule has 1 saturated heterocycles. The Morgan fingerprint density at radius 3 is 2.11 bits per heavy atom. The van der Waals surface area contributed by atoms with E-state index in [-0.39, 0.29) is 18.8 Å². The van der Waals surface area contributed by atoms with Gasteiger partial charge in [0, 0.05) is 12.3 Å². The zero-order chi connectivity index (χ0) is 28.0. The second-order valence-corrected chi connectivity index (χ2v) is 11.5. The van der Waals surface area contributed by atoms with Crippen LogP contribution in [0.3, 0.4) is 0 Å². The molecule has 0 amide bonds. The summed E-state index contributed by atoms with van der Waals surface area (Å²) < 4.78 is 37.5. The maximum atomic E-state index is 13.9. The first-order chi connectivity index (χ1) is 17.2. The molecule has 1 aromatic rings. The monoisotopic (exact) mass is 546 g/mol. The van der Waals surface area contributed by atoms with E-state index in [1.807, 2.05) is 6.92 Å². The van der Waals surface area contributed by atoms with Gasteiger partial charge in [-0.3, -0.25) is 28.5 Å². The second kappa shape index (κ2) is 13.0. The Morgan fingerprint density at radius 2 is 1.65 bits per heavy atom. The number of aromatic amines is 1. The minimum absolute atomic E-state index is 0.173. The van der Waals surface area contributed by atoms with Crippen molar-refractivity contribution in [2.24, 2.45) is 0 Å². The van der Waals surface area contributed by atoms with E-state index in [0.29, 0.717) is 19.3 Å². The molecule has 2 rings (SSSR count). The van der Waals surface area contributed by atoms with Gasteiger partial charge < -0.3 is 18.7 Å². The van der Waals surface area contributed by atoms with Gasteiger partial charge in [-0.15, -0.1) is 0 Å². The van der Waals surface area contributed by atoms with Gasteiger partial charge in [0.05, 0.1) is 24.4 Å². The Hall–Kier alpha value is -2.31. The molecule has 13 nitrogen and oxygen atoms in total. The van der Waals surface area contributed by atoms with Crippen LogP contribution in [0.25, 0.3) is 0 Å². The number of ether oxygens (including phenoxy) is 3. The topological polar surface area (TPSA) is 167 Å². The van der Waals surface area contributed by atoms with Crippen LogP contribution in [0, 0.1) is 0 Å². The fourth-order valence-electron chi connectivity index (χ4n) is 3.72. The minimum Gasteiger partial charge on any atom is -0.462 e. The SMILES string of the molecule is CC[C@@]1(COP(=O)(N[C@@H](C)C(=O)OC(C)C)N[C@@H](C)C(=O)OC(C)C)CC[C@H](n2ccc(=O)[nH]c2=O)O1. The van der Waals surface area contributed by atoms with Gasteiger partial charge in [-0.25, -0.2) is 15.0 Å². The number of aromatic nitrogens is 2. The molecule has 210 valence electrons. The molecule has 1 aromatic heterocycles. The zero-order valence-electron chi connectivity index (χ0n) is 22.4. The molecule has 0 unspecified atom stereocenters. The fraction of sp³-hybridized carbons (Fsp3) is 0.739. The molecule has 0 saturated carbocycles. The van der Waals surface area contributed by atoms with Crippen LogP contribution in [0.15, 0.2) is 21.9 Å². The summed E-state index contributed by atoms with van der Waals surface area (Å²) in [6, 6.07) is -0.822. The van der Waals surface area contributed by atoms with Crippen molar-refractivity contribution in [3.8, 4) is 0 Å². The number of H-pyrrole nitrogens is 1. The van der Waals surface area contributed by atoms with E-state index in [2.05, 4.69) is 15.2 Å². The average molecular weight is 547 g/mol. The van der Waals surface area contributed by atoms with Crippen LogP contribution in [0.2, 0.25) is 0 Å². The van der Waals surface area contributed by atoms with Crippen molar-refractivity contribution < 1.29 is 32.9 Å². The van der Waals surface area contributed by atoms with E-state index in [9.17, 15) is 23.7 Å². The Labute approximate surface area is 216 Å². The highest BCUT2D eigenvalue weighted by molar-refractivity contribution is 7.54. The van der Waals surface area contributed by atoms with Crippen molar-refractivity contribution in [2.45, 2.75) is 104 Å². The van der Waals surface area contributed by atoms with Crippen molar-refractivity contribution in [3.63, 3.8) is 0 Å². The van der Waals surface area contributed by atoms with Gasteiger partial charge in [-0.05, 0) is 60.8 Å². The minimum atomic E-state index is -4.04. The molecule has 14 heteroatoms. The molecule has 0 aromatic carbocycles. The van der Waals surface area contributed by atoms with Gasteiger partial charge in [-0.1, -0.05) is 6.92 Å². The van der Waals surface area contributed by atoms with E-state index in [4.69, 9.17) is 18.7 Å². The lowest BCUT2D eigenvalue weighted by Gasteiger charge is -2.32. The van der Waals surface area contributed by atoms with Crippen LogP contribution in [0.5, 0.6) is 0 Å². The Bertz CT molecular complexity index is 1070. The van der Waals surface area contributed by atoms with Crippen molar-refractivity contribution in [1.82, 2.24) is 19.7 Å². The third-order valence-electron chi connectivity index (χ3n) is 5.69. The predicted octanol–water partition coefficient (Wildman–Crippen LogP) is 1.98. The third kappa shape index (κ3) is 8.89. The van der Waals surface area contributed by atoms with Gasteiger partial charge in [0.2, 0.25) is 0 Å². The molecule has 4 atom stereocenters. The summed E-state index contributed by atoms with van der Waals surface area (Å²) in [7, 11) is -4.04. The lowest BCUT2D eigenvalue weighted by molar-refractivity contribution is -0.149. The highest BCUT2D eigenvalue weighted by atomic mass is 31.2. The zero-order valence-corrected chi connectivity index (χ0v) is 23.3. The first kappa shape index (κ1) is 30.9. The third-order valence-corrected chi connectivity index (χ3v) is 7.63. The lowest BCUT2D eigenvalue weighted by atomic mass is 9.98. The van der Waals surface area contributed by atoms with Gasteiger partial charge in [0.1, 0.15) is 18.3 Å². The summed E-state index contributed by atoms with van der Waals surface area (Å²) in [5.74, 6) is -1.28. The summed E-state index contributed by atoms with van der Waals surface area (Å²) in [5.41, 5.74) is -2.03. The maximum Gasteiger partial charge on any atom is 0.342 e. The summed E-state index contributed by atoms with van der Waals surface area (Å²) in [5, 5.41) is 5.30. The van der Waals surface area contributed by atoms with Crippen molar-refractivity contribution in [1.29, 1.82) is 0 Å². The van der Waals surface area contributed by atoms with Crippen LogP contribution < -0.4 is 21.4 Å². The number of nitrogens with one attached hydrogen (secondary N) is 3. The first-order valence-corrected chi connectivity index (χ1v) is 14.0. The standard InChI is InChI=1S/C23H39N4O9P/c1-8-23(11-9-19(36-23)27-12-10-18(28)24-22(27)31)13-33-37(32,25-16(6)20(29)34-14(2)3)26-17(7)21(30)35-15(4)5/h10,12,14-17,19H,8-9,11,13H2,1-7H3,(H,24,28,31)(H2,25,26,32)/t16-,17-,19+,23-/m0/s1. The maximum absolute atomic E-state index is 13.9. The van der Waals surface area contributed by atoms with Gasteiger partial charge in [-0.2, -0.15) is 0 Å². The second-order valence-electron chi connectivity index (χ2n) is 9.66. The van der Waals surface area contributed by atoms with E-state index < -0.39 is 54.8 Å². The predicted molar refractivity (Wildman–Crippen MR) is 135 cm³/mol. The number of carbonyl (C=O) groups is 2. The van der Waals surface area contributed by atoms with Crippen LogP contribution >= 0.6 is 7.67 Å². The molecule has 1 aliphatic heterocycles. The lowest BCUT2D eigenvalue weighted by Crippen LogP contribution is -2.44. The number of hydrogen-bond acceptors (Lipinski definition) is 9. The molecule has 0 aliphatic carbocycles. The smallest absolute Gasteiger partial charge is 0.342 e. The number of rotatable bonds is 13. The van der Waals surface area contributed by atoms with Gasteiger partial charge in [0.15, 0.2) is 0 Å². The van der Waals surface area contributed by atoms with Crippen LogP contribution in [-0.4, -0.2) is 58.0 Å². The number of carbonyl (C=O) groups excluding carboxylic acids is 2. The fourth-order valence-corrected chi connectivity index (χ4v) is 5.59. The van der Waals surface area contributed by atoms with Gasteiger partial charge >= 0.3 is 25.3 Å². The van der Waals surface area contributed by atoms with Crippen molar-refractivity contribution >= 4 is 19.6 Å². The quantitative estimate of drug-likeness (QED) is 0.244. The van der Waals surface area contributed by atoms with E-state index in [1.165, 1.54) is 30.7 Å². The van der Waals surface area contributed by atoms with Crippen LogP contribution in [0.1, 0.15) is 74.0 Å². The van der Waals surface area contributed by atoms with E-state index in [1.54, 1.807) is 27.7 Å². The van der Waals surface area contributed by atoms with Crippen molar-refractivity contribution in [2.75, 3.05) is 6.61 Å². The van der Waals surface area contributed by atoms with Crippen molar-refractivity contribution in [3.05, 3.63) is 33.1 Å². The molecular weight excluding hydrogens is 507 g/mol. The van der Waals surface area contributed by atoms with Crippen LogP contribution in [0.4, 0.5) is 0 Å². The summed E-state index contributed by atoms with van der Waals surface area (Å²) in [4.78, 5) is 50.5. The summed E-state index contributed by atoms with van der Waals surface area (Å²) >= 11 is 0. The Morgan fingerprint density at radius 1 is 1.11 bits per heavy atom. The Balaban J connectivity index is 2.21. The number of nitrogens with zero attached hydrogens (tertiary/aromatic N) is 1. The molecule has 2 heterocycles. The average Bonchev–Trinajstić information content (AvgIpc) is 3.21. The molecule has 3 N–H and O–H groups in total. The molecule has 0 bridgehead atoms. The Kier molecular flexibility index (Phi) is 10.8. The normalized spacial score (nSPS) is 21.7. The molecule has 1 aliphatic rings. The molecule has 37 heavy (non-hydrogen) atoms. The largest absolute Gasteiger partial charge is 0.462 e. The highest BCUT2D eigenvalue weighted by Gasteiger charge is 2.43. The van der Waals surface area contributed by atoms with Crippen LogP contribution in [-0.2, 0) is 32.9 Å². The molecular formula is C23H39N4O9P. The molecule has 1 fully saturated rings. The van der Waals surface area contributed by atoms with Gasteiger partial charge in [0.25, 0.3) is 5.56 Å². The molecule has 0 spiro atoms. The van der Waals surface area contributed by atoms with E-state index in [0.717, 1.165) is 0 Å². The first-order valence-electron chi connectivity index (χ1n) is 12.4. The van der Waals surface area contributed by atoms with E-state index >= 15 is 0 Å². The number of esters is 2. The molecule has 0 radical (unpaired) electrons. The highest BCUT2D eigenvalue weighted by Crippen LogP contribution is 2.45.